The van der Waals surface area contributed by atoms with Crippen LogP contribution in [0.15, 0.2) is 47.4 Å². The SMILES string of the molecule is CCC(=O)c1ccc(OCC(=O)N[C@@H]2CCSc3ccc(Cl)cc32)cc1. The molecule has 0 unspecified atom stereocenters. The second-order valence-electron chi connectivity index (χ2n) is 6.03. The lowest BCUT2D eigenvalue weighted by molar-refractivity contribution is -0.123. The van der Waals surface area contributed by atoms with Gasteiger partial charge in [0.25, 0.3) is 5.91 Å². The predicted octanol–water partition coefficient (Wildman–Crippen LogP) is 4.66. The molecule has 1 heterocycles. The van der Waals surface area contributed by atoms with Crippen LogP contribution in [0.2, 0.25) is 5.02 Å². The molecule has 1 aliphatic heterocycles. The van der Waals surface area contributed by atoms with Gasteiger partial charge in [-0.25, -0.2) is 0 Å². The van der Waals surface area contributed by atoms with Gasteiger partial charge < -0.3 is 10.1 Å². The van der Waals surface area contributed by atoms with E-state index in [0.29, 0.717) is 22.8 Å². The number of fused-ring (bicyclic) bond motifs is 1. The summed E-state index contributed by atoms with van der Waals surface area (Å²) < 4.78 is 5.53. The van der Waals surface area contributed by atoms with E-state index in [1.54, 1.807) is 36.0 Å². The lowest BCUT2D eigenvalue weighted by Crippen LogP contribution is -2.34. The molecule has 0 aliphatic carbocycles. The first-order chi connectivity index (χ1) is 12.6. The van der Waals surface area contributed by atoms with E-state index in [1.807, 2.05) is 25.1 Å². The van der Waals surface area contributed by atoms with Crippen LogP contribution in [0.1, 0.15) is 41.7 Å². The van der Waals surface area contributed by atoms with Gasteiger partial charge >= 0.3 is 0 Å². The highest BCUT2D eigenvalue weighted by Crippen LogP contribution is 2.37. The zero-order valence-electron chi connectivity index (χ0n) is 14.5. The Morgan fingerprint density at radius 2 is 2.00 bits per heavy atom. The van der Waals surface area contributed by atoms with Crippen LogP contribution >= 0.6 is 23.4 Å². The number of Topliss-reactive ketones (excluding diaryl/α,β-unsaturated/α-hetero) is 1. The largest absolute Gasteiger partial charge is 0.484 e. The lowest BCUT2D eigenvalue weighted by atomic mass is 10.0. The van der Waals surface area contributed by atoms with Crippen molar-refractivity contribution < 1.29 is 14.3 Å². The second-order valence-corrected chi connectivity index (χ2v) is 7.60. The van der Waals surface area contributed by atoms with Crippen molar-refractivity contribution in [1.29, 1.82) is 0 Å². The van der Waals surface area contributed by atoms with Crippen LogP contribution in [0, 0.1) is 0 Å². The van der Waals surface area contributed by atoms with E-state index in [0.717, 1.165) is 22.6 Å². The molecule has 4 nitrogen and oxygen atoms in total. The van der Waals surface area contributed by atoms with Gasteiger partial charge in [-0.1, -0.05) is 18.5 Å². The molecular formula is C20H20ClNO3S. The second kappa shape index (κ2) is 8.60. The Morgan fingerprint density at radius 3 is 2.73 bits per heavy atom. The van der Waals surface area contributed by atoms with E-state index >= 15 is 0 Å². The molecule has 0 radical (unpaired) electrons. The molecule has 0 saturated heterocycles. The molecule has 1 amide bonds. The third-order valence-electron chi connectivity index (χ3n) is 4.21. The van der Waals surface area contributed by atoms with Gasteiger partial charge in [0.1, 0.15) is 5.75 Å². The van der Waals surface area contributed by atoms with Gasteiger partial charge in [-0.2, -0.15) is 0 Å². The molecule has 1 atom stereocenters. The normalized spacial score (nSPS) is 15.8. The average Bonchev–Trinajstić information content (AvgIpc) is 2.66. The molecule has 0 spiro atoms. The summed E-state index contributed by atoms with van der Waals surface area (Å²) in [4.78, 5) is 25.0. The highest BCUT2D eigenvalue weighted by Gasteiger charge is 2.22. The van der Waals surface area contributed by atoms with Crippen LogP contribution in [0.5, 0.6) is 5.75 Å². The highest BCUT2D eigenvalue weighted by molar-refractivity contribution is 7.99. The molecule has 0 fully saturated rings. The van der Waals surface area contributed by atoms with Crippen LogP contribution in [0.25, 0.3) is 0 Å². The number of rotatable bonds is 6. The van der Waals surface area contributed by atoms with Crippen molar-refractivity contribution in [3.63, 3.8) is 0 Å². The molecule has 0 aromatic heterocycles. The number of hydrogen-bond donors (Lipinski definition) is 1. The Kier molecular flexibility index (Phi) is 6.22. The minimum absolute atomic E-state index is 0.0504. The summed E-state index contributed by atoms with van der Waals surface area (Å²) in [6, 6.07) is 12.6. The number of hydrogen-bond acceptors (Lipinski definition) is 4. The number of nitrogens with one attached hydrogen (secondary N) is 1. The summed E-state index contributed by atoms with van der Waals surface area (Å²) in [5.74, 6) is 1.42. The first-order valence-corrected chi connectivity index (χ1v) is 9.91. The highest BCUT2D eigenvalue weighted by atomic mass is 35.5. The van der Waals surface area contributed by atoms with Gasteiger partial charge in [-0.15, -0.1) is 11.8 Å². The number of ketones is 1. The van der Waals surface area contributed by atoms with E-state index in [1.165, 1.54) is 0 Å². The first kappa shape index (κ1) is 18.8. The number of benzene rings is 2. The summed E-state index contributed by atoms with van der Waals surface area (Å²) in [5.41, 5.74) is 1.71. The minimum atomic E-state index is -0.179. The number of thioether (sulfide) groups is 1. The number of halogens is 1. The third kappa shape index (κ3) is 4.59. The Morgan fingerprint density at radius 1 is 1.23 bits per heavy atom. The van der Waals surface area contributed by atoms with Crippen molar-refractivity contribution in [2.75, 3.05) is 12.4 Å². The van der Waals surface area contributed by atoms with E-state index in [9.17, 15) is 9.59 Å². The van der Waals surface area contributed by atoms with Crippen LogP contribution in [-0.2, 0) is 4.79 Å². The van der Waals surface area contributed by atoms with Crippen molar-refractivity contribution in [3.8, 4) is 5.75 Å². The van der Waals surface area contributed by atoms with Gasteiger partial charge in [0.2, 0.25) is 0 Å². The molecule has 2 aromatic carbocycles. The fraction of sp³-hybridized carbons (Fsp3) is 0.300. The van der Waals surface area contributed by atoms with Gasteiger partial charge in [0.15, 0.2) is 12.4 Å². The summed E-state index contributed by atoms with van der Waals surface area (Å²) in [6.45, 7) is 1.76. The Hall–Kier alpha value is -1.98. The maximum Gasteiger partial charge on any atom is 0.258 e. The molecule has 0 saturated carbocycles. The maximum atomic E-state index is 12.3. The Bertz CT molecular complexity index is 807. The van der Waals surface area contributed by atoms with Crippen molar-refractivity contribution in [3.05, 3.63) is 58.6 Å². The van der Waals surface area contributed by atoms with Gasteiger partial charge in [-0.3, -0.25) is 9.59 Å². The van der Waals surface area contributed by atoms with E-state index < -0.39 is 0 Å². The van der Waals surface area contributed by atoms with Crippen LogP contribution in [0.3, 0.4) is 0 Å². The van der Waals surface area contributed by atoms with E-state index in [2.05, 4.69) is 5.32 Å². The summed E-state index contributed by atoms with van der Waals surface area (Å²) in [6.07, 6.45) is 1.32. The van der Waals surface area contributed by atoms with Crippen molar-refractivity contribution in [2.45, 2.75) is 30.7 Å². The zero-order chi connectivity index (χ0) is 18.5. The fourth-order valence-corrected chi connectivity index (χ4v) is 4.13. The van der Waals surface area contributed by atoms with Crippen molar-refractivity contribution in [2.24, 2.45) is 0 Å². The van der Waals surface area contributed by atoms with E-state index in [4.69, 9.17) is 16.3 Å². The van der Waals surface area contributed by atoms with E-state index in [-0.39, 0.29) is 24.3 Å². The standard InChI is InChI=1S/C20H20ClNO3S/c1-2-18(23)13-3-6-15(7-4-13)25-12-20(24)22-17-9-10-26-19-8-5-14(21)11-16(17)19/h3-8,11,17H,2,9-10,12H2,1H3,(H,22,24)/t17-/m1/s1. The number of carbonyl (C=O) groups excluding carboxylic acids is 2. The van der Waals surface area contributed by atoms with Crippen LogP contribution in [-0.4, -0.2) is 24.1 Å². The van der Waals surface area contributed by atoms with Crippen LogP contribution < -0.4 is 10.1 Å². The van der Waals surface area contributed by atoms with Gasteiger partial charge in [-0.05, 0) is 54.4 Å². The monoisotopic (exact) mass is 389 g/mol. The third-order valence-corrected chi connectivity index (χ3v) is 5.57. The summed E-state index contributed by atoms with van der Waals surface area (Å²) in [5, 5.41) is 3.69. The molecule has 1 aliphatic rings. The molecule has 0 bridgehead atoms. The molecule has 1 N–H and O–H groups in total. The maximum absolute atomic E-state index is 12.3. The average molecular weight is 390 g/mol. The summed E-state index contributed by atoms with van der Waals surface area (Å²) >= 11 is 7.87. The minimum Gasteiger partial charge on any atom is -0.484 e. The smallest absolute Gasteiger partial charge is 0.258 e. The number of carbonyl (C=O) groups is 2. The molecule has 136 valence electrons. The molecule has 26 heavy (non-hydrogen) atoms. The summed E-state index contributed by atoms with van der Waals surface area (Å²) in [7, 11) is 0. The predicted molar refractivity (Wildman–Crippen MR) is 104 cm³/mol. The molecular weight excluding hydrogens is 370 g/mol. The lowest BCUT2D eigenvalue weighted by Gasteiger charge is -2.26. The molecule has 6 heteroatoms. The van der Waals surface area contributed by atoms with Crippen molar-refractivity contribution >= 4 is 35.1 Å². The zero-order valence-corrected chi connectivity index (χ0v) is 16.0. The Balaban J connectivity index is 1.57. The topological polar surface area (TPSA) is 55.4 Å². The molecule has 3 rings (SSSR count). The quantitative estimate of drug-likeness (QED) is 0.730. The Labute approximate surface area is 162 Å². The van der Waals surface area contributed by atoms with Crippen LogP contribution in [0.4, 0.5) is 0 Å². The molecule has 2 aromatic rings. The van der Waals surface area contributed by atoms with Gasteiger partial charge in [0, 0.05) is 27.7 Å². The van der Waals surface area contributed by atoms with Crippen molar-refractivity contribution in [1.82, 2.24) is 5.32 Å². The van der Waals surface area contributed by atoms with Gasteiger partial charge in [0.05, 0.1) is 6.04 Å². The fourth-order valence-electron chi connectivity index (χ4n) is 2.84. The number of amides is 1. The number of ether oxygens (including phenoxy) is 1. The first-order valence-electron chi connectivity index (χ1n) is 8.54.